The maximum absolute atomic E-state index is 11.9. The highest BCUT2D eigenvalue weighted by molar-refractivity contribution is 5.85. The Morgan fingerprint density at radius 1 is 1.00 bits per heavy atom. The van der Waals surface area contributed by atoms with Gasteiger partial charge in [0.05, 0.1) is 0 Å². The molecule has 3 rings (SSSR count). The molecule has 3 nitrogen and oxygen atoms in total. The van der Waals surface area contributed by atoms with Crippen LogP contribution in [0.25, 0.3) is 11.1 Å². The van der Waals surface area contributed by atoms with Gasteiger partial charge in [0.2, 0.25) is 0 Å². The van der Waals surface area contributed by atoms with Crippen molar-refractivity contribution in [3.05, 3.63) is 66.7 Å². The van der Waals surface area contributed by atoms with E-state index in [1.807, 2.05) is 48.5 Å². The van der Waals surface area contributed by atoms with Crippen molar-refractivity contribution in [3.63, 3.8) is 0 Å². The molecular formula is C19H19NO2. The van der Waals surface area contributed by atoms with E-state index in [0.29, 0.717) is 0 Å². The van der Waals surface area contributed by atoms with Crippen molar-refractivity contribution < 1.29 is 9.53 Å². The standard InChI is InChI=1S/C19H19NO2/c21-19(22-18-9-5-2-6-10-18)20-17-13-11-16(12-14-17)15-7-3-1-4-8-15/h1,3-5,7-9,11-14,18H,2,6,10H2,(H,20,21). The van der Waals surface area contributed by atoms with Crippen LogP contribution in [0.2, 0.25) is 0 Å². The van der Waals surface area contributed by atoms with E-state index < -0.39 is 6.09 Å². The number of anilines is 1. The molecule has 2 aromatic carbocycles. The largest absolute Gasteiger partial charge is 0.442 e. The van der Waals surface area contributed by atoms with Crippen LogP contribution >= 0.6 is 0 Å². The molecule has 112 valence electrons. The van der Waals surface area contributed by atoms with E-state index in [9.17, 15) is 4.79 Å². The van der Waals surface area contributed by atoms with E-state index in [1.165, 1.54) is 0 Å². The molecule has 0 saturated heterocycles. The summed E-state index contributed by atoms with van der Waals surface area (Å²) in [6.07, 6.45) is 6.57. The summed E-state index contributed by atoms with van der Waals surface area (Å²) in [5, 5.41) is 2.77. The molecule has 1 aliphatic carbocycles. The first-order valence-electron chi connectivity index (χ1n) is 7.61. The summed E-state index contributed by atoms with van der Waals surface area (Å²) in [6, 6.07) is 17.9. The summed E-state index contributed by atoms with van der Waals surface area (Å²) >= 11 is 0. The second-order valence-electron chi connectivity index (χ2n) is 5.37. The summed E-state index contributed by atoms with van der Waals surface area (Å²) in [7, 11) is 0. The molecule has 22 heavy (non-hydrogen) atoms. The molecule has 0 aromatic heterocycles. The maximum Gasteiger partial charge on any atom is 0.412 e. The predicted molar refractivity (Wildman–Crippen MR) is 88.8 cm³/mol. The molecule has 0 radical (unpaired) electrons. The van der Waals surface area contributed by atoms with Gasteiger partial charge in [0, 0.05) is 5.69 Å². The lowest BCUT2D eigenvalue weighted by Crippen LogP contribution is -2.22. The SMILES string of the molecule is O=C(Nc1ccc(-c2ccccc2)cc1)OC1C=CCCC1. The Kier molecular flexibility index (Phi) is 4.54. The molecule has 0 heterocycles. The lowest BCUT2D eigenvalue weighted by Gasteiger charge is -2.17. The van der Waals surface area contributed by atoms with E-state index in [1.54, 1.807) is 0 Å². The minimum atomic E-state index is -0.399. The normalized spacial score (nSPS) is 17.0. The highest BCUT2D eigenvalue weighted by Crippen LogP contribution is 2.21. The van der Waals surface area contributed by atoms with Gasteiger partial charge in [-0.3, -0.25) is 5.32 Å². The van der Waals surface area contributed by atoms with Crippen LogP contribution in [0.3, 0.4) is 0 Å². The summed E-state index contributed by atoms with van der Waals surface area (Å²) in [4.78, 5) is 11.9. The van der Waals surface area contributed by atoms with Gasteiger partial charge in [0.1, 0.15) is 6.10 Å². The van der Waals surface area contributed by atoms with Gasteiger partial charge in [-0.2, -0.15) is 0 Å². The highest BCUT2D eigenvalue weighted by Gasteiger charge is 2.13. The van der Waals surface area contributed by atoms with Crippen molar-refractivity contribution >= 4 is 11.8 Å². The van der Waals surface area contributed by atoms with Crippen LogP contribution in [0.1, 0.15) is 19.3 Å². The first-order chi connectivity index (χ1) is 10.8. The molecule has 2 aromatic rings. The number of hydrogen-bond acceptors (Lipinski definition) is 2. The molecule has 0 saturated carbocycles. The third kappa shape index (κ3) is 3.76. The Balaban J connectivity index is 1.60. The van der Waals surface area contributed by atoms with Crippen LogP contribution < -0.4 is 5.32 Å². The maximum atomic E-state index is 11.9. The van der Waals surface area contributed by atoms with Crippen molar-refractivity contribution in [3.8, 4) is 11.1 Å². The topological polar surface area (TPSA) is 38.3 Å². The Labute approximate surface area is 130 Å². The van der Waals surface area contributed by atoms with Crippen molar-refractivity contribution in [2.45, 2.75) is 25.4 Å². The van der Waals surface area contributed by atoms with Crippen LogP contribution in [0, 0.1) is 0 Å². The molecule has 0 bridgehead atoms. The fraction of sp³-hybridized carbons (Fsp3) is 0.211. The van der Waals surface area contributed by atoms with Crippen LogP contribution in [-0.2, 0) is 4.74 Å². The third-order valence-corrected chi connectivity index (χ3v) is 3.71. The number of rotatable bonds is 3. The lowest BCUT2D eigenvalue weighted by molar-refractivity contribution is 0.126. The third-order valence-electron chi connectivity index (χ3n) is 3.71. The summed E-state index contributed by atoms with van der Waals surface area (Å²) in [6.45, 7) is 0. The van der Waals surface area contributed by atoms with E-state index in [-0.39, 0.29) is 6.10 Å². The first kappa shape index (κ1) is 14.4. The van der Waals surface area contributed by atoms with E-state index in [4.69, 9.17) is 4.74 Å². The van der Waals surface area contributed by atoms with Crippen LogP contribution in [0.5, 0.6) is 0 Å². The first-order valence-corrected chi connectivity index (χ1v) is 7.61. The van der Waals surface area contributed by atoms with Gasteiger partial charge < -0.3 is 4.74 Å². The van der Waals surface area contributed by atoms with Gasteiger partial charge in [-0.15, -0.1) is 0 Å². The second kappa shape index (κ2) is 6.94. The predicted octanol–water partition coefficient (Wildman–Crippen LogP) is 5.01. The molecule has 0 fully saturated rings. The fourth-order valence-corrected chi connectivity index (χ4v) is 2.54. The van der Waals surface area contributed by atoms with Crippen molar-refractivity contribution in [2.75, 3.05) is 5.32 Å². The lowest BCUT2D eigenvalue weighted by atomic mass is 10.1. The zero-order valence-corrected chi connectivity index (χ0v) is 12.4. The van der Waals surface area contributed by atoms with Crippen LogP contribution in [-0.4, -0.2) is 12.2 Å². The Hall–Kier alpha value is -2.55. The molecule has 1 aliphatic rings. The number of carbonyl (C=O) groups excluding carboxylic acids is 1. The van der Waals surface area contributed by atoms with Crippen LogP contribution in [0.15, 0.2) is 66.7 Å². The van der Waals surface area contributed by atoms with Gasteiger partial charge in [0.15, 0.2) is 0 Å². The average Bonchev–Trinajstić information content (AvgIpc) is 2.57. The molecule has 3 heteroatoms. The number of allylic oxidation sites excluding steroid dienone is 1. The Bertz CT molecular complexity index is 647. The number of hydrogen-bond donors (Lipinski definition) is 1. The Morgan fingerprint density at radius 3 is 2.41 bits per heavy atom. The molecule has 1 N–H and O–H groups in total. The van der Waals surface area contributed by atoms with Gasteiger partial charge in [0.25, 0.3) is 0 Å². The molecular weight excluding hydrogens is 274 g/mol. The molecule has 1 amide bonds. The minimum Gasteiger partial charge on any atom is -0.442 e. The number of benzene rings is 2. The zero-order valence-electron chi connectivity index (χ0n) is 12.4. The number of carbonyl (C=O) groups is 1. The van der Waals surface area contributed by atoms with Crippen molar-refractivity contribution in [1.82, 2.24) is 0 Å². The summed E-state index contributed by atoms with van der Waals surface area (Å²) in [5.74, 6) is 0. The summed E-state index contributed by atoms with van der Waals surface area (Å²) in [5.41, 5.74) is 3.02. The number of ether oxygens (including phenoxy) is 1. The van der Waals surface area contributed by atoms with Gasteiger partial charge in [-0.05, 0) is 48.6 Å². The number of nitrogens with one attached hydrogen (secondary N) is 1. The van der Waals surface area contributed by atoms with E-state index in [2.05, 4.69) is 23.5 Å². The van der Waals surface area contributed by atoms with Crippen LogP contribution in [0.4, 0.5) is 10.5 Å². The molecule has 1 unspecified atom stereocenters. The molecule has 0 aliphatic heterocycles. The molecule has 0 spiro atoms. The van der Waals surface area contributed by atoms with Gasteiger partial charge >= 0.3 is 6.09 Å². The van der Waals surface area contributed by atoms with Gasteiger partial charge in [-0.1, -0.05) is 48.5 Å². The fourth-order valence-electron chi connectivity index (χ4n) is 2.54. The van der Waals surface area contributed by atoms with Crippen molar-refractivity contribution in [1.29, 1.82) is 0 Å². The van der Waals surface area contributed by atoms with Gasteiger partial charge in [-0.25, -0.2) is 4.79 Å². The number of amides is 1. The molecule has 1 atom stereocenters. The van der Waals surface area contributed by atoms with E-state index >= 15 is 0 Å². The average molecular weight is 293 g/mol. The zero-order chi connectivity index (χ0) is 15.2. The second-order valence-corrected chi connectivity index (χ2v) is 5.37. The monoisotopic (exact) mass is 293 g/mol. The summed E-state index contributed by atoms with van der Waals surface area (Å²) < 4.78 is 5.37. The van der Waals surface area contributed by atoms with E-state index in [0.717, 1.165) is 36.1 Å². The smallest absolute Gasteiger partial charge is 0.412 e. The Morgan fingerprint density at radius 2 is 1.73 bits per heavy atom. The highest BCUT2D eigenvalue weighted by atomic mass is 16.6. The minimum absolute atomic E-state index is 0.0997. The van der Waals surface area contributed by atoms with Crippen molar-refractivity contribution in [2.24, 2.45) is 0 Å². The quantitative estimate of drug-likeness (QED) is 0.808.